The summed E-state index contributed by atoms with van der Waals surface area (Å²) in [6.07, 6.45) is -1.20. The zero-order chi connectivity index (χ0) is 11.4. The molecule has 0 fully saturated rings. The number of halogens is 1. The summed E-state index contributed by atoms with van der Waals surface area (Å²) < 4.78 is 13.1. The van der Waals surface area contributed by atoms with Gasteiger partial charge in [-0.15, -0.1) is 11.3 Å². The lowest BCUT2D eigenvalue weighted by molar-refractivity contribution is 0.194. The molecule has 8 heteroatoms. The lowest BCUT2D eigenvalue weighted by Gasteiger charge is -1.95. The fourth-order valence-electron chi connectivity index (χ4n) is 0.896. The zero-order valence-electron chi connectivity index (χ0n) is 7.40. The molecule has 0 unspecified atom stereocenters. The van der Waals surface area contributed by atoms with Crippen molar-refractivity contribution in [2.24, 2.45) is 10.9 Å². The Kier molecular flexibility index (Phi) is 3.45. The van der Waals surface area contributed by atoms with Gasteiger partial charge in [0, 0.05) is 4.88 Å². The number of amides is 1. The van der Waals surface area contributed by atoms with Crippen LogP contribution in [0.1, 0.15) is 10.4 Å². The van der Waals surface area contributed by atoms with Crippen LogP contribution in [0.2, 0.25) is 0 Å². The van der Waals surface area contributed by atoms with Gasteiger partial charge in [-0.25, -0.2) is 4.79 Å². The molecule has 1 amide bonds. The summed E-state index contributed by atoms with van der Waals surface area (Å²) in [6, 6.07) is 1.32. The van der Waals surface area contributed by atoms with E-state index < -0.39 is 11.2 Å². The summed E-state index contributed by atoms with van der Waals surface area (Å²) in [4.78, 5) is 10.6. The first-order valence-electron chi connectivity index (χ1n) is 3.77. The number of nitrogens with one attached hydrogen (secondary N) is 1. The monoisotopic (exact) mass is 233 g/mol. The highest BCUT2D eigenvalue weighted by Gasteiger charge is 2.12. The number of hydrogen-bond donors (Lipinski definition) is 4. The Bertz CT molecular complexity index is 404. The van der Waals surface area contributed by atoms with Gasteiger partial charge in [-0.3, -0.25) is 0 Å². The zero-order valence-corrected chi connectivity index (χ0v) is 8.21. The van der Waals surface area contributed by atoms with E-state index in [9.17, 15) is 9.18 Å². The Morgan fingerprint density at radius 1 is 1.73 bits per heavy atom. The summed E-state index contributed by atoms with van der Waals surface area (Å²) in [7, 11) is 0. The number of nitrogens with zero attached hydrogens (tertiary/aromatic N) is 1. The van der Waals surface area contributed by atoms with Crippen LogP contribution in [0.3, 0.4) is 0 Å². The highest BCUT2D eigenvalue weighted by atomic mass is 32.1. The quantitative estimate of drug-likeness (QED) is 0.267. The topological polar surface area (TPSA) is 108 Å². The largest absolute Gasteiger partial charge is 0.465 e. The van der Waals surface area contributed by atoms with Crippen molar-refractivity contribution in [3.8, 4) is 0 Å². The van der Waals surface area contributed by atoms with E-state index in [-0.39, 0.29) is 17.9 Å². The van der Waals surface area contributed by atoms with Crippen LogP contribution in [0.4, 0.5) is 9.18 Å². The normalized spacial score (nSPS) is 11.4. The van der Waals surface area contributed by atoms with Crippen molar-refractivity contribution in [2.45, 2.75) is 6.54 Å². The maximum atomic E-state index is 13.1. The standard InChI is InChI=1S/C7H8FN3O3S/c8-5-4(6(9)11-14)1-3(15-5)2-10-7(12)13/h1,10,14H,2H2,(H2,9,11)(H,12,13). The molecule has 0 spiro atoms. The second-order valence-electron chi connectivity index (χ2n) is 2.54. The van der Waals surface area contributed by atoms with Crippen LogP contribution in [0.25, 0.3) is 0 Å². The van der Waals surface area contributed by atoms with Crippen LogP contribution in [0.5, 0.6) is 0 Å². The molecule has 1 rings (SSSR count). The van der Waals surface area contributed by atoms with Gasteiger partial charge in [0.15, 0.2) is 11.0 Å². The third kappa shape index (κ3) is 2.81. The maximum Gasteiger partial charge on any atom is 0.404 e. The van der Waals surface area contributed by atoms with Crippen LogP contribution in [0.15, 0.2) is 11.2 Å². The molecule has 0 radical (unpaired) electrons. The molecular weight excluding hydrogens is 225 g/mol. The molecule has 0 aliphatic rings. The van der Waals surface area contributed by atoms with E-state index in [1.54, 1.807) is 0 Å². The van der Waals surface area contributed by atoms with Crippen molar-refractivity contribution >= 4 is 23.3 Å². The second-order valence-corrected chi connectivity index (χ2v) is 3.63. The number of carboxylic acid groups (broad SMARTS) is 1. The minimum atomic E-state index is -1.20. The highest BCUT2D eigenvalue weighted by Crippen LogP contribution is 2.20. The molecule has 0 atom stereocenters. The molecule has 6 nitrogen and oxygen atoms in total. The maximum absolute atomic E-state index is 13.1. The lowest BCUT2D eigenvalue weighted by atomic mass is 10.3. The van der Waals surface area contributed by atoms with Gasteiger partial charge in [-0.2, -0.15) is 4.39 Å². The SMILES string of the molecule is NC(=NO)c1cc(CNC(=O)O)sc1F. The van der Waals surface area contributed by atoms with Gasteiger partial charge >= 0.3 is 6.09 Å². The van der Waals surface area contributed by atoms with E-state index in [1.165, 1.54) is 6.07 Å². The Morgan fingerprint density at radius 3 is 2.93 bits per heavy atom. The molecule has 0 bridgehead atoms. The van der Waals surface area contributed by atoms with Gasteiger partial charge in [-0.05, 0) is 6.07 Å². The third-order valence-electron chi connectivity index (χ3n) is 1.54. The second kappa shape index (κ2) is 4.60. The molecule has 5 N–H and O–H groups in total. The van der Waals surface area contributed by atoms with Crippen LogP contribution < -0.4 is 11.1 Å². The van der Waals surface area contributed by atoms with Crippen molar-refractivity contribution in [1.29, 1.82) is 0 Å². The van der Waals surface area contributed by atoms with Gasteiger partial charge in [0.25, 0.3) is 0 Å². The van der Waals surface area contributed by atoms with Crippen LogP contribution in [0, 0.1) is 5.13 Å². The molecule has 0 aromatic carbocycles. The van der Waals surface area contributed by atoms with Crippen molar-refractivity contribution in [1.82, 2.24) is 5.32 Å². The first-order valence-corrected chi connectivity index (χ1v) is 4.59. The van der Waals surface area contributed by atoms with Gasteiger partial charge < -0.3 is 21.4 Å². The van der Waals surface area contributed by atoms with Crippen LogP contribution in [-0.2, 0) is 6.54 Å². The van der Waals surface area contributed by atoms with E-state index in [0.29, 0.717) is 4.88 Å². The van der Waals surface area contributed by atoms with Crippen molar-refractivity contribution in [2.75, 3.05) is 0 Å². The molecule has 0 aliphatic heterocycles. The molecular formula is C7H8FN3O3S. The van der Waals surface area contributed by atoms with Crippen LogP contribution in [-0.4, -0.2) is 22.2 Å². The van der Waals surface area contributed by atoms with E-state index >= 15 is 0 Å². The van der Waals surface area contributed by atoms with E-state index in [1.807, 2.05) is 0 Å². The third-order valence-corrected chi connectivity index (χ3v) is 2.46. The first kappa shape index (κ1) is 11.2. The van der Waals surface area contributed by atoms with E-state index in [2.05, 4.69) is 10.5 Å². The Hall–Kier alpha value is -1.83. The van der Waals surface area contributed by atoms with E-state index in [0.717, 1.165) is 11.3 Å². The summed E-state index contributed by atoms with van der Waals surface area (Å²) >= 11 is 0.736. The molecule has 0 saturated heterocycles. The summed E-state index contributed by atoms with van der Waals surface area (Å²) in [5, 5.41) is 20.8. The highest BCUT2D eigenvalue weighted by molar-refractivity contribution is 7.10. The summed E-state index contributed by atoms with van der Waals surface area (Å²) in [5.74, 6) is -0.342. The molecule has 1 heterocycles. The predicted molar refractivity (Wildman–Crippen MR) is 51.7 cm³/mol. The summed E-state index contributed by atoms with van der Waals surface area (Å²) in [6.45, 7) is -0.0182. The molecule has 1 aromatic rings. The molecule has 82 valence electrons. The molecule has 0 saturated carbocycles. The number of oxime groups is 1. The average Bonchev–Trinajstić information content (AvgIpc) is 2.55. The predicted octanol–water partition coefficient (Wildman–Crippen LogP) is 0.749. The molecule has 0 aliphatic carbocycles. The minimum Gasteiger partial charge on any atom is -0.465 e. The van der Waals surface area contributed by atoms with Crippen LogP contribution >= 0.6 is 11.3 Å². The number of nitrogens with two attached hydrogens (primary N) is 1. The molecule has 15 heavy (non-hydrogen) atoms. The number of thiophene rings is 1. The fraction of sp³-hybridized carbons (Fsp3) is 0.143. The molecule has 1 aromatic heterocycles. The van der Waals surface area contributed by atoms with Gasteiger partial charge in [0.2, 0.25) is 0 Å². The first-order chi connectivity index (χ1) is 7.04. The van der Waals surface area contributed by atoms with E-state index in [4.69, 9.17) is 16.0 Å². The van der Waals surface area contributed by atoms with Crippen molar-refractivity contribution in [3.05, 3.63) is 21.6 Å². The average molecular weight is 233 g/mol. The number of rotatable bonds is 3. The number of amidine groups is 1. The van der Waals surface area contributed by atoms with Crippen molar-refractivity contribution in [3.63, 3.8) is 0 Å². The smallest absolute Gasteiger partial charge is 0.404 e. The fourth-order valence-corrected chi connectivity index (χ4v) is 1.72. The van der Waals surface area contributed by atoms with Crippen molar-refractivity contribution < 1.29 is 19.5 Å². The van der Waals surface area contributed by atoms with Gasteiger partial charge in [0.05, 0.1) is 12.1 Å². The number of carbonyl (C=O) groups is 1. The Labute approximate surface area is 87.8 Å². The Balaban J connectivity index is 2.81. The summed E-state index contributed by atoms with van der Waals surface area (Å²) in [5.41, 5.74) is 5.16. The number of hydrogen-bond acceptors (Lipinski definition) is 4. The van der Waals surface area contributed by atoms with Gasteiger partial charge in [0.1, 0.15) is 0 Å². The Morgan fingerprint density at radius 2 is 2.40 bits per heavy atom. The lowest BCUT2D eigenvalue weighted by Crippen LogP contribution is -2.19. The van der Waals surface area contributed by atoms with Gasteiger partial charge in [-0.1, -0.05) is 5.16 Å². The minimum absolute atomic E-state index is 0.0182.